The Hall–Kier alpha value is -3.30. The van der Waals surface area contributed by atoms with Crippen LogP contribution in [-0.4, -0.2) is 9.55 Å². The van der Waals surface area contributed by atoms with Crippen LogP contribution in [0.3, 0.4) is 0 Å². The topological polar surface area (TPSA) is 20.7 Å². The third-order valence-electron chi connectivity index (χ3n) is 5.66. The summed E-state index contributed by atoms with van der Waals surface area (Å²) in [5.41, 5.74) is 7.19. The number of fused-ring (bicyclic) bond motifs is 5. The first-order chi connectivity index (χ1) is 14.3. The van der Waals surface area contributed by atoms with Gasteiger partial charge in [0.1, 0.15) is 0 Å². The van der Waals surface area contributed by atoms with Crippen LogP contribution in [0.5, 0.6) is 0 Å². The molecule has 0 saturated heterocycles. The Balaban J connectivity index is 1.50. The number of H-pyrrole nitrogens is 1. The summed E-state index contributed by atoms with van der Waals surface area (Å²) in [5.74, 6) is 0. The summed E-state index contributed by atoms with van der Waals surface area (Å²) in [4.78, 5) is 3.61. The number of rotatable bonds is 2. The zero-order valence-corrected chi connectivity index (χ0v) is 17.1. The quantitative estimate of drug-likeness (QED) is 0.287. The molecule has 0 aliphatic heterocycles. The van der Waals surface area contributed by atoms with E-state index in [1.165, 1.54) is 38.3 Å². The van der Waals surface area contributed by atoms with Gasteiger partial charge in [-0.25, -0.2) is 0 Å². The number of aromatic amines is 1. The molecule has 0 radical (unpaired) electrons. The van der Waals surface area contributed by atoms with Gasteiger partial charge in [-0.3, -0.25) is 0 Å². The number of hydrogen-bond donors (Lipinski definition) is 1. The molecule has 0 bridgehead atoms. The average Bonchev–Trinajstić information content (AvgIpc) is 3.36. The lowest BCUT2D eigenvalue weighted by Crippen LogP contribution is -1.91. The molecular weight excluding hydrogens is 420 g/mol. The van der Waals surface area contributed by atoms with Crippen LogP contribution in [0.4, 0.5) is 0 Å². The fourth-order valence-corrected chi connectivity index (χ4v) is 4.59. The molecule has 0 saturated carbocycles. The van der Waals surface area contributed by atoms with Crippen LogP contribution < -0.4 is 0 Å². The molecule has 2 nitrogen and oxygen atoms in total. The minimum atomic E-state index is 1.10. The molecule has 0 atom stereocenters. The number of nitrogens with one attached hydrogen (secondary N) is 1. The van der Waals surface area contributed by atoms with E-state index in [0.29, 0.717) is 0 Å². The summed E-state index contributed by atoms with van der Waals surface area (Å²) < 4.78 is 3.35. The van der Waals surface area contributed by atoms with Crippen LogP contribution in [0, 0.1) is 0 Å². The molecule has 2 heterocycles. The van der Waals surface area contributed by atoms with E-state index in [4.69, 9.17) is 0 Å². The van der Waals surface area contributed by atoms with E-state index < -0.39 is 0 Å². The lowest BCUT2D eigenvalue weighted by molar-refractivity contribution is 1.13. The first kappa shape index (κ1) is 16.6. The molecule has 138 valence electrons. The van der Waals surface area contributed by atoms with Crippen LogP contribution in [0.2, 0.25) is 0 Å². The van der Waals surface area contributed by atoms with E-state index in [2.05, 4.69) is 117 Å². The second-order valence-electron chi connectivity index (χ2n) is 7.33. The van der Waals surface area contributed by atoms with Crippen LogP contribution in [0.25, 0.3) is 49.5 Å². The van der Waals surface area contributed by atoms with Gasteiger partial charge in [0, 0.05) is 38.0 Å². The standard InChI is InChI=1S/C26H17BrN2/c27-19-8-12-24-23(16-19)21-11-13-25-22(26(21)28-24)14-15-29(25)20-9-6-18(7-10-20)17-4-2-1-3-5-17/h1-16,28H. The molecule has 0 spiro atoms. The van der Waals surface area contributed by atoms with Crippen LogP contribution >= 0.6 is 15.9 Å². The molecule has 4 aromatic carbocycles. The monoisotopic (exact) mass is 436 g/mol. The summed E-state index contributed by atoms with van der Waals surface area (Å²) in [6, 6.07) is 32.3. The van der Waals surface area contributed by atoms with Crippen molar-refractivity contribution in [3.63, 3.8) is 0 Å². The van der Waals surface area contributed by atoms with Crippen LogP contribution in [0.15, 0.2) is 102 Å². The van der Waals surface area contributed by atoms with Crippen molar-refractivity contribution >= 4 is 48.6 Å². The van der Waals surface area contributed by atoms with Gasteiger partial charge in [-0.2, -0.15) is 0 Å². The number of nitrogens with zero attached hydrogens (tertiary/aromatic N) is 1. The van der Waals surface area contributed by atoms with Crippen molar-refractivity contribution in [2.75, 3.05) is 0 Å². The van der Waals surface area contributed by atoms with Crippen molar-refractivity contribution in [3.05, 3.63) is 102 Å². The average molecular weight is 437 g/mol. The van der Waals surface area contributed by atoms with Crippen molar-refractivity contribution in [2.24, 2.45) is 0 Å². The van der Waals surface area contributed by atoms with Crippen LogP contribution in [0.1, 0.15) is 0 Å². The van der Waals surface area contributed by atoms with Gasteiger partial charge in [0.05, 0.1) is 11.0 Å². The highest BCUT2D eigenvalue weighted by Gasteiger charge is 2.11. The maximum Gasteiger partial charge on any atom is 0.0560 e. The highest BCUT2D eigenvalue weighted by atomic mass is 79.9. The third kappa shape index (κ3) is 2.62. The Morgan fingerprint density at radius 3 is 2.28 bits per heavy atom. The van der Waals surface area contributed by atoms with E-state index in [1.807, 2.05) is 6.07 Å². The minimum absolute atomic E-state index is 1.10. The largest absolute Gasteiger partial charge is 0.354 e. The van der Waals surface area contributed by atoms with Crippen molar-refractivity contribution in [1.82, 2.24) is 9.55 Å². The van der Waals surface area contributed by atoms with Gasteiger partial charge in [-0.05, 0) is 53.6 Å². The van der Waals surface area contributed by atoms with Gasteiger partial charge in [-0.15, -0.1) is 0 Å². The molecule has 0 fully saturated rings. The Kier molecular flexibility index (Phi) is 3.65. The summed E-state index contributed by atoms with van der Waals surface area (Å²) in [7, 11) is 0. The molecule has 0 amide bonds. The number of halogens is 1. The molecule has 2 aromatic heterocycles. The summed E-state index contributed by atoms with van der Waals surface area (Å²) >= 11 is 3.59. The fourth-order valence-electron chi connectivity index (χ4n) is 4.23. The fraction of sp³-hybridized carbons (Fsp3) is 0. The van der Waals surface area contributed by atoms with Gasteiger partial charge in [0.25, 0.3) is 0 Å². The summed E-state index contributed by atoms with van der Waals surface area (Å²) in [5, 5.41) is 3.74. The molecule has 6 aromatic rings. The Labute approximate surface area is 176 Å². The third-order valence-corrected chi connectivity index (χ3v) is 6.15. The Morgan fingerprint density at radius 2 is 1.45 bits per heavy atom. The second kappa shape index (κ2) is 6.36. The number of benzene rings is 4. The molecule has 0 unspecified atom stereocenters. The van der Waals surface area contributed by atoms with E-state index in [0.717, 1.165) is 15.7 Å². The van der Waals surface area contributed by atoms with Crippen molar-refractivity contribution in [3.8, 4) is 16.8 Å². The zero-order valence-electron chi connectivity index (χ0n) is 15.6. The molecule has 6 rings (SSSR count). The van der Waals surface area contributed by atoms with E-state index in [1.54, 1.807) is 0 Å². The molecule has 1 N–H and O–H groups in total. The van der Waals surface area contributed by atoms with Crippen molar-refractivity contribution < 1.29 is 0 Å². The van der Waals surface area contributed by atoms with Crippen molar-refractivity contribution in [2.45, 2.75) is 0 Å². The second-order valence-corrected chi connectivity index (χ2v) is 8.25. The van der Waals surface area contributed by atoms with Crippen LogP contribution in [-0.2, 0) is 0 Å². The van der Waals surface area contributed by atoms with Gasteiger partial charge >= 0.3 is 0 Å². The molecule has 3 heteroatoms. The maximum atomic E-state index is 3.61. The molecule has 29 heavy (non-hydrogen) atoms. The van der Waals surface area contributed by atoms with E-state index >= 15 is 0 Å². The van der Waals surface area contributed by atoms with E-state index in [9.17, 15) is 0 Å². The Bertz CT molecular complexity index is 1490. The smallest absolute Gasteiger partial charge is 0.0560 e. The Morgan fingerprint density at radius 1 is 0.655 bits per heavy atom. The van der Waals surface area contributed by atoms with Gasteiger partial charge in [0.2, 0.25) is 0 Å². The highest BCUT2D eigenvalue weighted by Crippen LogP contribution is 2.34. The van der Waals surface area contributed by atoms with E-state index in [-0.39, 0.29) is 0 Å². The van der Waals surface area contributed by atoms with Gasteiger partial charge in [-0.1, -0.05) is 64.5 Å². The first-order valence-corrected chi connectivity index (χ1v) is 10.4. The predicted molar refractivity (Wildman–Crippen MR) is 126 cm³/mol. The molecule has 0 aliphatic carbocycles. The highest BCUT2D eigenvalue weighted by molar-refractivity contribution is 9.10. The van der Waals surface area contributed by atoms with Crippen molar-refractivity contribution in [1.29, 1.82) is 0 Å². The zero-order chi connectivity index (χ0) is 19.4. The molecular formula is C26H17BrN2. The van der Waals surface area contributed by atoms with Gasteiger partial charge < -0.3 is 9.55 Å². The maximum absolute atomic E-state index is 3.61. The minimum Gasteiger partial charge on any atom is -0.354 e. The predicted octanol–water partition coefficient (Wildman–Crippen LogP) is 7.69. The SMILES string of the molecule is Brc1ccc2[nH]c3c(ccc4c3ccn4-c3ccc(-c4ccccc4)cc3)c2c1. The van der Waals surface area contributed by atoms with Gasteiger partial charge in [0.15, 0.2) is 0 Å². The number of aromatic nitrogens is 2. The number of hydrogen-bond acceptors (Lipinski definition) is 0. The molecule has 0 aliphatic rings. The summed E-state index contributed by atoms with van der Waals surface area (Å²) in [6.45, 7) is 0. The summed E-state index contributed by atoms with van der Waals surface area (Å²) in [6.07, 6.45) is 2.16. The normalized spacial score (nSPS) is 11.6. The first-order valence-electron chi connectivity index (χ1n) is 9.65. The lowest BCUT2D eigenvalue weighted by Gasteiger charge is -2.08. The lowest BCUT2D eigenvalue weighted by atomic mass is 10.1.